The molecule has 0 fully saturated rings. The minimum atomic E-state index is -0.628. The number of para-hydroxylation sites is 1. The van der Waals surface area contributed by atoms with Crippen molar-refractivity contribution in [3.8, 4) is 0 Å². The first-order chi connectivity index (χ1) is 9.58. The second-order valence-electron chi connectivity index (χ2n) is 4.23. The molecule has 1 heterocycles. The molecule has 0 bridgehead atoms. The fourth-order valence-corrected chi connectivity index (χ4v) is 2.01. The molecule has 0 radical (unpaired) electrons. The van der Waals surface area contributed by atoms with Crippen molar-refractivity contribution in [3.05, 3.63) is 30.0 Å². The van der Waals surface area contributed by atoms with E-state index < -0.39 is 5.91 Å². The number of amides is 3. The molecule has 0 unspecified atom stereocenters. The Hall–Kier alpha value is -2.57. The minimum Gasteiger partial charge on any atom is -0.364 e. The predicted octanol–water partition coefficient (Wildman–Crippen LogP) is 1.14. The van der Waals surface area contributed by atoms with Crippen LogP contribution in [0, 0.1) is 0 Å². The summed E-state index contributed by atoms with van der Waals surface area (Å²) < 4.78 is 0. The van der Waals surface area contributed by atoms with Gasteiger partial charge in [0.2, 0.25) is 0 Å². The Morgan fingerprint density at radius 1 is 1.30 bits per heavy atom. The van der Waals surface area contributed by atoms with E-state index in [0.717, 1.165) is 0 Å². The van der Waals surface area contributed by atoms with Crippen molar-refractivity contribution < 1.29 is 9.59 Å². The van der Waals surface area contributed by atoms with Crippen LogP contribution in [0.15, 0.2) is 24.3 Å². The van der Waals surface area contributed by atoms with Gasteiger partial charge >= 0.3 is 6.03 Å². The molecule has 0 aliphatic heterocycles. The lowest BCUT2D eigenvalue weighted by atomic mass is 10.2. The van der Waals surface area contributed by atoms with Gasteiger partial charge in [0.05, 0.1) is 5.52 Å². The molecule has 2 rings (SSSR count). The molecule has 1 aromatic carbocycles. The van der Waals surface area contributed by atoms with Gasteiger partial charge in [-0.25, -0.2) is 10.2 Å². The number of fused-ring (bicyclic) bond motifs is 1. The Morgan fingerprint density at radius 2 is 1.95 bits per heavy atom. The van der Waals surface area contributed by atoms with Gasteiger partial charge in [-0.2, -0.15) is 4.79 Å². The highest BCUT2D eigenvalue weighted by atomic mass is 16.2. The fourth-order valence-electron chi connectivity index (χ4n) is 2.01. The highest BCUT2D eigenvalue weighted by Crippen LogP contribution is 2.17. The molecule has 0 aliphatic carbocycles. The predicted molar refractivity (Wildman–Crippen MR) is 75.9 cm³/mol. The summed E-state index contributed by atoms with van der Waals surface area (Å²) in [4.78, 5) is 26.3. The van der Waals surface area contributed by atoms with Crippen LogP contribution in [0.25, 0.3) is 10.9 Å². The molecule has 3 amide bonds. The Balaban J connectivity index is 2.40. The summed E-state index contributed by atoms with van der Waals surface area (Å²) in [6, 6.07) is 6.81. The van der Waals surface area contributed by atoms with Crippen LogP contribution in [0.5, 0.6) is 0 Å². The Morgan fingerprint density at radius 3 is 2.55 bits per heavy atom. The van der Waals surface area contributed by atoms with E-state index in [1.165, 1.54) is 4.79 Å². The maximum Gasteiger partial charge on any atom is 0.337 e. The number of benzene rings is 1. The van der Waals surface area contributed by atoms with Crippen LogP contribution in [-0.4, -0.2) is 39.8 Å². The van der Waals surface area contributed by atoms with E-state index in [-0.39, 0.29) is 11.7 Å². The topological polar surface area (TPSA) is 93.2 Å². The molecule has 0 spiro atoms. The highest BCUT2D eigenvalue weighted by molar-refractivity contribution is 6.04. The lowest BCUT2D eigenvalue weighted by Gasteiger charge is -2.19. The van der Waals surface area contributed by atoms with Crippen LogP contribution in [-0.2, 0) is 0 Å². The largest absolute Gasteiger partial charge is 0.364 e. The van der Waals surface area contributed by atoms with Crippen LogP contribution in [0.2, 0.25) is 0 Å². The molecule has 7 nitrogen and oxygen atoms in total. The van der Waals surface area contributed by atoms with Crippen molar-refractivity contribution >= 4 is 22.8 Å². The molecule has 106 valence electrons. The van der Waals surface area contributed by atoms with Crippen molar-refractivity contribution in [2.24, 2.45) is 5.73 Å². The second kappa shape index (κ2) is 5.60. The number of aromatic nitrogens is 2. The number of nitrogens with one attached hydrogen (secondary N) is 1. The third-order valence-corrected chi connectivity index (χ3v) is 3.07. The molecule has 2 aromatic rings. The van der Waals surface area contributed by atoms with Crippen molar-refractivity contribution in [1.82, 2.24) is 14.8 Å². The molecule has 20 heavy (non-hydrogen) atoms. The van der Waals surface area contributed by atoms with E-state index in [0.29, 0.717) is 24.0 Å². The van der Waals surface area contributed by atoms with Crippen LogP contribution in [0.1, 0.15) is 24.3 Å². The van der Waals surface area contributed by atoms with Crippen LogP contribution in [0.3, 0.4) is 0 Å². The van der Waals surface area contributed by atoms with E-state index in [1.807, 2.05) is 13.8 Å². The van der Waals surface area contributed by atoms with Gasteiger partial charge in [-0.05, 0) is 19.9 Å². The molecule has 0 saturated heterocycles. The lowest BCUT2D eigenvalue weighted by Crippen LogP contribution is -2.38. The molecular weight excluding hydrogens is 258 g/mol. The summed E-state index contributed by atoms with van der Waals surface area (Å²) in [5.41, 5.74) is 8.71. The van der Waals surface area contributed by atoms with Crippen molar-refractivity contribution in [3.63, 3.8) is 0 Å². The number of hydrogen-bond donors (Lipinski definition) is 2. The zero-order valence-corrected chi connectivity index (χ0v) is 11.5. The molecule has 7 heteroatoms. The first-order valence-electron chi connectivity index (χ1n) is 6.42. The van der Waals surface area contributed by atoms with Gasteiger partial charge in [0.1, 0.15) is 0 Å². The Kier molecular flexibility index (Phi) is 3.88. The maximum absolute atomic E-state index is 12.0. The number of primary amides is 1. The number of rotatable bonds is 4. The molecule has 0 saturated carbocycles. The first-order valence-corrected chi connectivity index (χ1v) is 6.42. The number of hydrogen-bond acceptors (Lipinski definition) is 3. The summed E-state index contributed by atoms with van der Waals surface area (Å²) in [5.74, 6) is -0.628. The van der Waals surface area contributed by atoms with E-state index >= 15 is 0 Å². The summed E-state index contributed by atoms with van der Waals surface area (Å²) in [6.07, 6.45) is 0. The van der Waals surface area contributed by atoms with Gasteiger partial charge in [0.25, 0.3) is 5.91 Å². The van der Waals surface area contributed by atoms with Gasteiger partial charge in [-0.3, -0.25) is 4.79 Å². The van der Waals surface area contributed by atoms with Crippen LogP contribution in [0.4, 0.5) is 4.79 Å². The molecule has 1 aromatic heterocycles. The highest BCUT2D eigenvalue weighted by Gasteiger charge is 2.17. The Bertz CT molecular complexity index is 645. The molecule has 0 aliphatic rings. The third-order valence-electron chi connectivity index (χ3n) is 3.07. The molecule has 3 N–H and O–H groups in total. The monoisotopic (exact) mass is 275 g/mol. The Labute approximate surface area is 116 Å². The van der Waals surface area contributed by atoms with Crippen molar-refractivity contribution in [2.75, 3.05) is 18.5 Å². The second-order valence-corrected chi connectivity index (χ2v) is 4.23. The third kappa shape index (κ3) is 2.42. The number of nitrogens with two attached hydrogens (primary N) is 1. The minimum absolute atomic E-state index is 0.139. The zero-order valence-electron chi connectivity index (χ0n) is 11.5. The van der Waals surface area contributed by atoms with E-state index in [2.05, 4.69) is 10.5 Å². The first kappa shape index (κ1) is 13.9. The number of carbonyl (C=O) groups is 2. The molecular formula is C13H17N5O2. The zero-order chi connectivity index (χ0) is 14.7. The van der Waals surface area contributed by atoms with E-state index in [9.17, 15) is 9.59 Å². The number of urea groups is 1. The fraction of sp³-hybridized carbons (Fsp3) is 0.308. The normalized spacial score (nSPS) is 10.5. The molecule has 0 atom stereocenters. The van der Waals surface area contributed by atoms with Crippen molar-refractivity contribution in [1.29, 1.82) is 0 Å². The van der Waals surface area contributed by atoms with Gasteiger partial charge < -0.3 is 10.6 Å². The quantitative estimate of drug-likeness (QED) is 0.876. The lowest BCUT2D eigenvalue weighted by molar-refractivity contribution is 0.0996. The van der Waals surface area contributed by atoms with Crippen LogP contribution < -0.4 is 11.2 Å². The van der Waals surface area contributed by atoms with Gasteiger partial charge in [-0.15, -0.1) is 5.10 Å². The average molecular weight is 275 g/mol. The standard InChI is InChI=1S/C13H17N5O2/c1-3-17(4-2)13(20)16-18-10-8-6-5-7-9(10)11(15-18)12(14)19/h5-8H,3-4H2,1-2H3,(H2,14,19)(H,16,20). The van der Waals surface area contributed by atoms with E-state index in [4.69, 9.17) is 5.73 Å². The van der Waals surface area contributed by atoms with Crippen LogP contribution >= 0.6 is 0 Å². The summed E-state index contributed by atoms with van der Waals surface area (Å²) in [7, 11) is 0. The summed E-state index contributed by atoms with van der Waals surface area (Å²) in [6.45, 7) is 4.95. The average Bonchev–Trinajstić information content (AvgIpc) is 2.79. The van der Waals surface area contributed by atoms with Gasteiger partial charge in [0, 0.05) is 18.5 Å². The summed E-state index contributed by atoms with van der Waals surface area (Å²) in [5, 5.41) is 4.67. The smallest absolute Gasteiger partial charge is 0.337 e. The van der Waals surface area contributed by atoms with Crippen molar-refractivity contribution in [2.45, 2.75) is 13.8 Å². The number of carbonyl (C=O) groups excluding carboxylic acids is 2. The van der Waals surface area contributed by atoms with E-state index in [1.54, 1.807) is 29.2 Å². The van der Waals surface area contributed by atoms with Gasteiger partial charge in [0.15, 0.2) is 5.69 Å². The maximum atomic E-state index is 12.0. The number of nitrogens with zero attached hydrogens (tertiary/aromatic N) is 3. The van der Waals surface area contributed by atoms with Gasteiger partial charge in [-0.1, -0.05) is 18.2 Å². The summed E-state index contributed by atoms with van der Waals surface area (Å²) >= 11 is 0. The SMILES string of the molecule is CCN(CC)C(=O)Nn1nc(C(N)=O)c2ccccc21.